The summed E-state index contributed by atoms with van der Waals surface area (Å²) in [4.78, 5) is 66.5. The number of hydrogen-bond donors (Lipinski definition) is 5. The van der Waals surface area contributed by atoms with Crippen LogP contribution in [0.5, 0.6) is 0 Å². The maximum Gasteiger partial charge on any atom is 0.333 e. The van der Waals surface area contributed by atoms with Crippen LogP contribution in [-0.2, 0) is 35.1 Å². The summed E-state index contributed by atoms with van der Waals surface area (Å²) < 4.78 is 5.14. The van der Waals surface area contributed by atoms with Gasteiger partial charge in [-0.05, 0) is 30.5 Å². The van der Waals surface area contributed by atoms with Gasteiger partial charge in [-0.15, -0.1) is 0 Å². The third-order valence-corrected chi connectivity index (χ3v) is 6.21. The van der Waals surface area contributed by atoms with Crippen LogP contribution in [0, 0.1) is 5.41 Å². The van der Waals surface area contributed by atoms with Gasteiger partial charge in [0.2, 0.25) is 17.7 Å². The lowest BCUT2D eigenvalue weighted by Crippen LogP contribution is -2.55. The number of ether oxygens (including phenoxy) is 1. The lowest BCUT2D eigenvalue weighted by molar-refractivity contribution is -0.148. The van der Waals surface area contributed by atoms with Crippen LogP contribution in [0.4, 0.5) is 0 Å². The number of hydrogen-bond acceptors (Lipinski definition) is 7. The molecule has 40 heavy (non-hydrogen) atoms. The molecule has 0 saturated heterocycles. The van der Waals surface area contributed by atoms with Crippen molar-refractivity contribution < 1.29 is 28.7 Å². The van der Waals surface area contributed by atoms with Gasteiger partial charge < -0.3 is 31.1 Å². The highest BCUT2D eigenvalue weighted by atomic mass is 16.5. The van der Waals surface area contributed by atoms with E-state index in [-0.39, 0.29) is 25.9 Å². The second-order valence-electron chi connectivity index (χ2n) is 9.13. The molecule has 0 bridgehead atoms. The van der Waals surface area contributed by atoms with E-state index in [9.17, 15) is 24.0 Å². The molecule has 11 nitrogen and oxygen atoms in total. The number of para-hydroxylation sites is 1. The number of rotatable bonds is 14. The number of aromatic amines is 1. The van der Waals surface area contributed by atoms with Crippen LogP contribution in [0.3, 0.4) is 0 Å². The summed E-state index contributed by atoms with van der Waals surface area (Å²) in [7, 11) is 0. The highest BCUT2D eigenvalue weighted by Crippen LogP contribution is 2.20. The van der Waals surface area contributed by atoms with Crippen molar-refractivity contribution in [1.29, 1.82) is 5.41 Å². The molecule has 0 saturated carbocycles. The Kier molecular flexibility index (Phi) is 10.7. The summed E-state index contributed by atoms with van der Waals surface area (Å²) in [6.45, 7) is 3.02. The van der Waals surface area contributed by atoms with E-state index in [1.807, 2.05) is 24.3 Å². The zero-order valence-corrected chi connectivity index (χ0v) is 22.4. The minimum absolute atomic E-state index is 0.0955. The first-order chi connectivity index (χ1) is 19.2. The molecule has 0 fully saturated rings. The van der Waals surface area contributed by atoms with Crippen molar-refractivity contribution in [3.63, 3.8) is 0 Å². The Labute approximate surface area is 231 Å². The average molecular weight is 548 g/mol. The number of nitrogens with one attached hydrogen (secondary N) is 5. The molecule has 3 amide bonds. The Morgan fingerprint density at radius 2 is 1.60 bits per heavy atom. The molecule has 0 aliphatic heterocycles. The van der Waals surface area contributed by atoms with Crippen LogP contribution in [0.2, 0.25) is 0 Å². The van der Waals surface area contributed by atoms with Gasteiger partial charge in [-0.1, -0.05) is 48.5 Å². The maximum absolute atomic E-state index is 13.4. The summed E-state index contributed by atoms with van der Waals surface area (Å²) in [5.41, 5.74) is 2.13. The quantitative estimate of drug-likeness (QED) is 0.153. The molecule has 0 aliphatic rings. The highest BCUT2D eigenvalue weighted by Gasteiger charge is 2.31. The summed E-state index contributed by atoms with van der Waals surface area (Å²) in [5.74, 6) is -3.02. The zero-order chi connectivity index (χ0) is 29.1. The van der Waals surface area contributed by atoms with Gasteiger partial charge in [0.1, 0.15) is 12.1 Å². The van der Waals surface area contributed by atoms with Crippen molar-refractivity contribution in [3.05, 3.63) is 71.9 Å². The van der Waals surface area contributed by atoms with Gasteiger partial charge in [0.15, 0.2) is 11.8 Å². The van der Waals surface area contributed by atoms with Crippen LogP contribution in [0.15, 0.2) is 60.8 Å². The largest absolute Gasteiger partial charge is 0.464 e. The third kappa shape index (κ3) is 8.10. The van der Waals surface area contributed by atoms with E-state index in [0.717, 1.165) is 16.5 Å². The fourth-order valence-electron chi connectivity index (χ4n) is 4.27. The van der Waals surface area contributed by atoms with Crippen molar-refractivity contribution in [3.8, 4) is 0 Å². The Morgan fingerprint density at radius 1 is 0.925 bits per heavy atom. The summed E-state index contributed by atoms with van der Waals surface area (Å²) in [5, 5.41) is 16.0. The number of aromatic nitrogens is 1. The Hall–Kier alpha value is -4.80. The number of carbonyl (C=O) groups is 5. The lowest BCUT2D eigenvalue weighted by atomic mass is 10.0. The molecular formula is C29H33N5O6. The smallest absolute Gasteiger partial charge is 0.333 e. The zero-order valence-electron chi connectivity index (χ0n) is 22.4. The number of amides is 3. The standard InChI is InChI=1S/C29H33N5O6/c1-3-40-29(39)26(19-9-5-4-6-10-19)34-27(37)24(14-13-21(36)16-30)33-28(38)25(32-18(2)35)15-20-17-31-23-12-8-7-11-22(20)23/h4-12,16-17,24-26,30-31H,3,13-15H2,1-2H3,(H,32,35)(H,33,38)(H,34,37)/t24-,25-,26?/m0/s1. The fraction of sp³-hybridized carbons (Fsp3) is 0.310. The minimum atomic E-state index is -1.24. The first-order valence-electron chi connectivity index (χ1n) is 12.9. The van der Waals surface area contributed by atoms with E-state index in [1.54, 1.807) is 43.5 Å². The van der Waals surface area contributed by atoms with E-state index in [2.05, 4.69) is 20.9 Å². The molecule has 3 atom stereocenters. The Bertz CT molecular complexity index is 1370. The monoisotopic (exact) mass is 547 g/mol. The number of H-pyrrole nitrogens is 1. The SMILES string of the molecule is CCOC(=O)C(NC(=O)[C@H](CCC(=O)C=N)NC(=O)[C@H](Cc1c[nH]c2ccccc12)NC(C)=O)c1ccccc1. The van der Waals surface area contributed by atoms with E-state index in [0.29, 0.717) is 11.8 Å². The van der Waals surface area contributed by atoms with Gasteiger partial charge in [0.05, 0.1) is 12.8 Å². The van der Waals surface area contributed by atoms with Crippen LogP contribution in [0.1, 0.15) is 43.9 Å². The maximum atomic E-state index is 13.4. The molecule has 3 aromatic rings. The molecule has 1 unspecified atom stereocenters. The van der Waals surface area contributed by atoms with Gasteiger partial charge in [-0.25, -0.2) is 4.79 Å². The first-order valence-corrected chi connectivity index (χ1v) is 12.9. The van der Waals surface area contributed by atoms with Crippen molar-refractivity contribution in [2.75, 3.05) is 6.61 Å². The van der Waals surface area contributed by atoms with Crippen LogP contribution in [0.25, 0.3) is 10.9 Å². The van der Waals surface area contributed by atoms with E-state index < -0.39 is 47.6 Å². The van der Waals surface area contributed by atoms with Crippen molar-refractivity contribution in [2.24, 2.45) is 0 Å². The van der Waals surface area contributed by atoms with Crippen molar-refractivity contribution in [2.45, 2.75) is 51.2 Å². The number of carbonyl (C=O) groups excluding carboxylic acids is 5. The topological polar surface area (TPSA) is 170 Å². The Balaban J connectivity index is 1.84. The molecule has 0 spiro atoms. The molecular weight excluding hydrogens is 514 g/mol. The summed E-state index contributed by atoms with van der Waals surface area (Å²) in [6.07, 6.45) is 2.21. The minimum Gasteiger partial charge on any atom is -0.464 e. The number of esters is 1. The van der Waals surface area contributed by atoms with Crippen molar-refractivity contribution >= 4 is 46.6 Å². The third-order valence-electron chi connectivity index (χ3n) is 6.21. The predicted octanol–water partition coefficient (Wildman–Crippen LogP) is 2.12. The molecule has 0 aliphatic carbocycles. The van der Waals surface area contributed by atoms with E-state index in [1.165, 1.54) is 6.92 Å². The molecule has 1 aromatic heterocycles. The predicted molar refractivity (Wildman–Crippen MR) is 149 cm³/mol. The summed E-state index contributed by atoms with van der Waals surface area (Å²) in [6, 6.07) is 12.6. The van der Waals surface area contributed by atoms with Crippen LogP contribution in [-0.4, -0.2) is 59.4 Å². The first kappa shape index (κ1) is 29.8. The Morgan fingerprint density at radius 3 is 2.27 bits per heavy atom. The van der Waals surface area contributed by atoms with E-state index in [4.69, 9.17) is 10.1 Å². The highest BCUT2D eigenvalue weighted by molar-refractivity contribution is 6.26. The van der Waals surface area contributed by atoms with Crippen LogP contribution < -0.4 is 16.0 Å². The molecule has 2 aromatic carbocycles. The van der Waals surface area contributed by atoms with Gasteiger partial charge >= 0.3 is 5.97 Å². The summed E-state index contributed by atoms with van der Waals surface area (Å²) >= 11 is 0. The number of Topliss-reactive ketones (excluding diaryl/α,β-unsaturated/α-hetero) is 1. The molecule has 210 valence electrons. The van der Waals surface area contributed by atoms with Gasteiger partial charge in [0.25, 0.3) is 0 Å². The molecule has 3 rings (SSSR count). The molecule has 5 N–H and O–H groups in total. The number of fused-ring (bicyclic) bond motifs is 1. The van der Waals surface area contributed by atoms with Gasteiger partial charge in [0, 0.05) is 36.9 Å². The average Bonchev–Trinajstić information content (AvgIpc) is 3.36. The van der Waals surface area contributed by atoms with Gasteiger partial charge in [-0.3, -0.25) is 19.2 Å². The van der Waals surface area contributed by atoms with Crippen molar-refractivity contribution in [1.82, 2.24) is 20.9 Å². The number of ketones is 1. The molecule has 11 heteroatoms. The fourth-order valence-corrected chi connectivity index (χ4v) is 4.27. The van der Waals surface area contributed by atoms with E-state index >= 15 is 0 Å². The van der Waals surface area contributed by atoms with Gasteiger partial charge in [-0.2, -0.15) is 0 Å². The number of benzene rings is 2. The molecule has 1 heterocycles. The second kappa shape index (κ2) is 14.4. The lowest BCUT2D eigenvalue weighted by Gasteiger charge is -2.25. The second-order valence-corrected chi connectivity index (χ2v) is 9.13. The normalized spacial score (nSPS) is 12.9. The molecule has 0 radical (unpaired) electrons. The van der Waals surface area contributed by atoms with Crippen LogP contribution >= 0.6 is 0 Å².